The first-order valence-corrected chi connectivity index (χ1v) is 9.25. The molecule has 1 saturated carbocycles. The van der Waals surface area contributed by atoms with Crippen LogP contribution in [0.2, 0.25) is 5.02 Å². The van der Waals surface area contributed by atoms with Crippen molar-refractivity contribution in [2.24, 2.45) is 5.92 Å². The Morgan fingerprint density at radius 3 is 2.57 bits per heavy atom. The molecule has 1 aromatic carbocycles. The lowest BCUT2D eigenvalue weighted by molar-refractivity contribution is -0.142. The molecule has 23 heavy (non-hydrogen) atoms. The maximum absolute atomic E-state index is 12.3. The zero-order valence-electron chi connectivity index (χ0n) is 12.4. The molecular weight excluding hydrogens is 344 g/mol. The Morgan fingerprint density at radius 2 is 2.00 bits per heavy atom. The topological polar surface area (TPSA) is 113 Å². The van der Waals surface area contributed by atoms with E-state index < -0.39 is 33.9 Å². The quantitative estimate of drug-likeness (QED) is 0.739. The molecule has 2 rings (SSSR count). The van der Waals surface area contributed by atoms with Crippen molar-refractivity contribution in [2.75, 3.05) is 11.0 Å². The minimum atomic E-state index is -3.44. The molecule has 7 nitrogen and oxygen atoms in total. The molecule has 0 saturated heterocycles. The number of sulfonamides is 1. The molecule has 1 aliphatic carbocycles. The molecule has 1 fully saturated rings. The molecule has 0 heterocycles. The van der Waals surface area contributed by atoms with E-state index in [4.69, 9.17) is 16.7 Å². The molecule has 0 radical (unpaired) electrons. The second-order valence-electron chi connectivity index (χ2n) is 5.52. The van der Waals surface area contributed by atoms with E-state index in [1.807, 2.05) is 0 Å². The molecule has 1 amide bonds. The number of rotatable bonds is 5. The summed E-state index contributed by atoms with van der Waals surface area (Å²) < 4.78 is 24.6. The predicted octanol–water partition coefficient (Wildman–Crippen LogP) is 1.69. The highest BCUT2D eigenvalue weighted by Gasteiger charge is 2.34. The Balaban J connectivity index is 2.12. The fourth-order valence-electron chi connectivity index (χ4n) is 2.65. The molecule has 9 heteroatoms. The molecule has 1 aromatic rings. The van der Waals surface area contributed by atoms with Crippen LogP contribution in [0.1, 0.15) is 29.6 Å². The lowest BCUT2D eigenvalue weighted by atomic mass is 10.0. The number of carbonyl (C=O) groups excluding carboxylic acids is 1. The first-order valence-electron chi connectivity index (χ1n) is 6.98. The first-order chi connectivity index (χ1) is 10.7. The zero-order chi connectivity index (χ0) is 17.2. The van der Waals surface area contributed by atoms with Crippen LogP contribution in [-0.4, -0.2) is 37.7 Å². The minimum absolute atomic E-state index is 0.0843. The van der Waals surface area contributed by atoms with E-state index >= 15 is 0 Å². The first kappa shape index (κ1) is 17.6. The number of amides is 1. The zero-order valence-corrected chi connectivity index (χ0v) is 13.9. The van der Waals surface area contributed by atoms with Crippen LogP contribution in [0.15, 0.2) is 18.2 Å². The van der Waals surface area contributed by atoms with Crippen LogP contribution >= 0.6 is 11.6 Å². The molecule has 2 unspecified atom stereocenters. The SMILES string of the molecule is CS(=O)(=O)Nc1ccc(C(=O)NC2CCCC2C(=O)O)c(Cl)c1. The number of anilines is 1. The highest BCUT2D eigenvalue weighted by Crippen LogP contribution is 2.27. The average molecular weight is 361 g/mol. The third-order valence-electron chi connectivity index (χ3n) is 3.67. The van der Waals surface area contributed by atoms with Crippen molar-refractivity contribution in [3.05, 3.63) is 28.8 Å². The lowest BCUT2D eigenvalue weighted by Gasteiger charge is -2.18. The van der Waals surface area contributed by atoms with E-state index in [1.54, 1.807) is 0 Å². The van der Waals surface area contributed by atoms with Gasteiger partial charge < -0.3 is 10.4 Å². The Labute approximate surface area is 139 Å². The molecule has 2 atom stereocenters. The van der Waals surface area contributed by atoms with Gasteiger partial charge in [0.1, 0.15) is 0 Å². The van der Waals surface area contributed by atoms with Crippen LogP contribution in [-0.2, 0) is 14.8 Å². The summed E-state index contributed by atoms with van der Waals surface area (Å²) in [7, 11) is -3.44. The van der Waals surface area contributed by atoms with Gasteiger partial charge in [-0.2, -0.15) is 0 Å². The number of halogens is 1. The Hall–Kier alpha value is -1.80. The Bertz CT molecular complexity index is 735. The number of carbonyl (C=O) groups is 2. The largest absolute Gasteiger partial charge is 0.481 e. The van der Waals surface area contributed by atoms with Crippen molar-refractivity contribution >= 4 is 39.2 Å². The van der Waals surface area contributed by atoms with Gasteiger partial charge in [0.05, 0.1) is 22.8 Å². The summed E-state index contributed by atoms with van der Waals surface area (Å²) >= 11 is 6.03. The molecule has 126 valence electrons. The number of aliphatic carboxylic acids is 1. The maximum atomic E-state index is 12.3. The van der Waals surface area contributed by atoms with Crippen molar-refractivity contribution in [1.82, 2.24) is 5.32 Å². The second kappa shape index (κ2) is 6.76. The van der Waals surface area contributed by atoms with Gasteiger partial charge in [0.15, 0.2) is 0 Å². The number of benzene rings is 1. The summed E-state index contributed by atoms with van der Waals surface area (Å²) in [5.74, 6) is -1.99. The lowest BCUT2D eigenvalue weighted by Crippen LogP contribution is -2.40. The van der Waals surface area contributed by atoms with Crippen molar-refractivity contribution in [3.63, 3.8) is 0 Å². The fraction of sp³-hybridized carbons (Fsp3) is 0.429. The average Bonchev–Trinajstić information content (AvgIpc) is 2.84. The van der Waals surface area contributed by atoms with Gasteiger partial charge in [0, 0.05) is 11.7 Å². The van der Waals surface area contributed by atoms with Crippen molar-refractivity contribution in [1.29, 1.82) is 0 Å². The summed E-state index contributed by atoms with van der Waals surface area (Å²) in [4.78, 5) is 23.4. The van der Waals surface area contributed by atoms with Gasteiger partial charge >= 0.3 is 5.97 Å². The van der Waals surface area contributed by atoms with E-state index in [-0.39, 0.29) is 16.3 Å². The summed E-state index contributed by atoms with van der Waals surface area (Å²) in [6, 6.07) is 3.73. The van der Waals surface area contributed by atoms with Crippen LogP contribution in [0, 0.1) is 5.92 Å². The summed E-state index contributed by atoms with van der Waals surface area (Å²) in [5.41, 5.74) is 0.417. The maximum Gasteiger partial charge on any atom is 0.308 e. The van der Waals surface area contributed by atoms with E-state index in [9.17, 15) is 18.0 Å². The van der Waals surface area contributed by atoms with Gasteiger partial charge in [0.2, 0.25) is 10.0 Å². The van der Waals surface area contributed by atoms with Crippen LogP contribution < -0.4 is 10.0 Å². The third-order valence-corrected chi connectivity index (χ3v) is 4.59. The molecule has 0 bridgehead atoms. The van der Waals surface area contributed by atoms with E-state index in [0.29, 0.717) is 12.8 Å². The van der Waals surface area contributed by atoms with E-state index in [1.165, 1.54) is 18.2 Å². The Morgan fingerprint density at radius 1 is 1.30 bits per heavy atom. The predicted molar refractivity (Wildman–Crippen MR) is 86.1 cm³/mol. The summed E-state index contributed by atoms with van der Waals surface area (Å²) in [6.45, 7) is 0. The van der Waals surface area contributed by atoms with Crippen LogP contribution in [0.3, 0.4) is 0 Å². The van der Waals surface area contributed by atoms with Crippen LogP contribution in [0.25, 0.3) is 0 Å². The van der Waals surface area contributed by atoms with E-state index in [2.05, 4.69) is 10.0 Å². The second-order valence-corrected chi connectivity index (χ2v) is 7.68. The van der Waals surface area contributed by atoms with Gasteiger partial charge in [-0.15, -0.1) is 0 Å². The number of hydrogen-bond acceptors (Lipinski definition) is 4. The van der Waals surface area contributed by atoms with Crippen LogP contribution in [0.4, 0.5) is 5.69 Å². The van der Waals surface area contributed by atoms with Crippen molar-refractivity contribution in [2.45, 2.75) is 25.3 Å². The molecule has 0 aromatic heterocycles. The summed E-state index contributed by atoms with van der Waals surface area (Å²) in [6.07, 6.45) is 2.89. The third kappa shape index (κ3) is 4.59. The van der Waals surface area contributed by atoms with Gasteiger partial charge in [0.25, 0.3) is 5.91 Å². The number of hydrogen-bond donors (Lipinski definition) is 3. The molecule has 3 N–H and O–H groups in total. The molecule has 0 spiro atoms. The smallest absolute Gasteiger partial charge is 0.308 e. The highest BCUT2D eigenvalue weighted by atomic mass is 35.5. The molecular formula is C14H17ClN2O5S. The van der Waals surface area contributed by atoms with Crippen molar-refractivity contribution in [3.8, 4) is 0 Å². The molecule has 0 aliphatic heterocycles. The van der Waals surface area contributed by atoms with Gasteiger partial charge in [-0.1, -0.05) is 18.0 Å². The van der Waals surface area contributed by atoms with Crippen LogP contribution in [0.5, 0.6) is 0 Å². The van der Waals surface area contributed by atoms with Gasteiger partial charge in [-0.05, 0) is 31.0 Å². The molecule has 1 aliphatic rings. The summed E-state index contributed by atoms with van der Waals surface area (Å²) in [5, 5.41) is 11.9. The van der Waals surface area contributed by atoms with E-state index in [0.717, 1.165) is 12.7 Å². The number of nitrogens with one attached hydrogen (secondary N) is 2. The number of carboxylic acids is 1. The minimum Gasteiger partial charge on any atom is -0.481 e. The highest BCUT2D eigenvalue weighted by molar-refractivity contribution is 7.92. The standard InChI is InChI=1S/C14H17ClN2O5S/c1-23(21,22)17-8-5-6-9(11(15)7-8)13(18)16-12-4-2-3-10(12)14(19)20/h5-7,10,12,17H,2-4H2,1H3,(H,16,18)(H,19,20). The van der Waals surface area contributed by atoms with Gasteiger partial charge in [-0.3, -0.25) is 14.3 Å². The fourth-order valence-corrected chi connectivity index (χ4v) is 3.47. The normalized spacial score (nSPS) is 21.0. The Kier molecular flexibility index (Phi) is 5.16. The van der Waals surface area contributed by atoms with Gasteiger partial charge in [-0.25, -0.2) is 8.42 Å². The monoisotopic (exact) mass is 360 g/mol. The number of carboxylic acid groups (broad SMARTS) is 1. The van der Waals surface area contributed by atoms with Crippen molar-refractivity contribution < 1.29 is 23.1 Å².